The fraction of sp³-hybridized carbons (Fsp3) is 0.182. The molecule has 1 aromatic carbocycles. The Kier molecular flexibility index (Phi) is 5.38. The van der Waals surface area contributed by atoms with Crippen molar-refractivity contribution in [3.63, 3.8) is 0 Å². The number of benzene rings is 1. The lowest BCUT2D eigenvalue weighted by atomic mass is 10.0. The van der Waals surface area contributed by atoms with E-state index in [1.165, 1.54) is 6.07 Å². The van der Waals surface area contributed by atoms with Crippen LogP contribution in [-0.2, 0) is 22.4 Å². The minimum absolute atomic E-state index is 0.109. The molecule has 1 N–H and O–H groups in total. The van der Waals surface area contributed by atoms with E-state index in [9.17, 15) is 14.0 Å². The van der Waals surface area contributed by atoms with Gasteiger partial charge in [-0.2, -0.15) is 4.39 Å². The highest BCUT2D eigenvalue weighted by Crippen LogP contribution is 2.28. The number of ether oxygens (including phenoxy) is 1. The second-order valence-electron chi connectivity index (χ2n) is 6.68. The van der Waals surface area contributed by atoms with Gasteiger partial charge in [0.25, 0.3) is 11.9 Å². The van der Waals surface area contributed by atoms with E-state index in [1.807, 2.05) is 12.1 Å². The molecule has 3 aromatic rings. The summed E-state index contributed by atoms with van der Waals surface area (Å²) in [4.78, 5) is 32.8. The third-order valence-corrected chi connectivity index (χ3v) is 4.50. The van der Waals surface area contributed by atoms with Crippen LogP contribution < -0.4 is 5.32 Å². The first kappa shape index (κ1) is 19.5. The molecule has 152 valence electrons. The molecule has 0 fully saturated rings. The molecule has 30 heavy (non-hydrogen) atoms. The number of amides is 1. The number of carbonyl (C=O) groups is 2. The number of fused-ring (bicyclic) bond motifs is 1. The van der Waals surface area contributed by atoms with E-state index in [4.69, 9.17) is 9.15 Å². The number of esters is 1. The van der Waals surface area contributed by atoms with Crippen LogP contribution >= 0.6 is 0 Å². The number of carbonyl (C=O) groups excluding carboxylic acids is 2. The van der Waals surface area contributed by atoms with Gasteiger partial charge in [-0.1, -0.05) is 12.1 Å². The lowest BCUT2D eigenvalue weighted by Crippen LogP contribution is -2.11. The molecule has 0 saturated carbocycles. The molecule has 0 atom stereocenters. The summed E-state index contributed by atoms with van der Waals surface area (Å²) >= 11 is 0. The Morgan fingerprint density at radius 2 is 2.10 bits per heavy atom. The zero-order valence-electron chi connectivity index (χ0n) is 16.1. The number of hydrogen-bond acceptors (Lipinski definition) is 6. The van der Waals surface area contributed by atoms with Crippen LogP contribution in [0.1, 0.15) is 34.2 Å². The van der Waals surface area contributed by atoms with Crippen LogP contribution in [0, 0.1) is 6.01 Å². The van der Waals surface area contributed by atoms with E-state index in [2.05, 4.69) is 15.3 Å². The van der Waals surface area contributed by atoms with Crippen molar-refractivity contribution >= 4 is 29.1 Å². The van der Waals surface area contributed by atoms with Crippen LogP contribution in [0.4, 0.5) is 15.9 Å². The summed E-state index contributed by atoms with van der Waals surface area (Å²) in [7, 11) is 0. The number of aliphatic imine (C=N–C) groups is 1. The first-order chi connectivity index (χ1) is 14.5. The van der Waals surface area contributed by atoms with Crippen molar-refractivity contribution in [1.82, 2.24) is 4.98 Å². The molecule has 0 unspecified atom stereocenters. The quantitative estimate of drug-likeness (QED) is 0.627. The Hall–Kier alpha value is -3.81. The van der Waals surface area contributed by atoms with E-state index in [0.717, 1.165) is 28.5 Å². The van der Waals surface area contributed by atoms with Crippen LogP contribution in [0.15, 0.2) is 58.1 Å². The standard InChI is InChI=1S/C22H18FN3O4/c1-2-29-20(27)9-13-8-15-11-17(26-21(15)24-12-13)14-4-3-5-16(10-14)25-22(28)18-6-7-19(23)30-18/h3-8,10,12H,2,9,11H2,1H3,(H,25,28). The topological polar surface area (TPSA) is 93.8 Å². The van der Waals surface area contributed by atoms with Gasteiger partial charge in [0.2, 0.25) is 0 Å². The second-order valence-corrected chi connectivity index (χ2v) is 6.68. The number of rotatable bonds is 6. The molecule has 2 aromatic heterocycles. The Morgan fingerprint density at radius 3 is 2.87 bits per heavy atom. The highest BCUT2D eigenvalue weighted by Gasteiger charge is 2.19. The number of halogens is 1. The van der Waals surface area contributed by atoms with Crippen molar-refractivity contribution in [1.29, 1.82) is 0 Å². The Labute approximate surface area is 171 Å². The molecule has 1 aliphatic heterocycles. The lowest BCUT2D eigenvalue weighted by Gasteiger charge is -2.06. The van der Waals surface area contributed by atoms with Crippen LogP contribution in [0.3, 0.4) is 0 Å². The van der Waals surface area contributed by atoms with E-state index >= 15 is 0 Å². The van der Waals surface area contributed by atoms with E-state index in [1.54, 1.807) is 31.3 Å². The van der Waals surface area contributed by atoms with Gasteiger partial charge < -0.3 is 14.5 Å². The fourth-order valence-electron chi connectivity index (χ4n) is 3.18. The van der Waals surface area contributed by atoms with Gasteiger partial charge in [0.05, 0.1) is 18.7 Å². The van der Waals surface area contributed by atoms with Crippen molar-refractivity contribution < 1.29 is 23.1 Å². The van der Waals surface area contributed by atoms with Crippen molar-refractivity contribution in [3.05, 3.63) is 77.1 Å². The van der Waals surface area contributed by atoms with Gasteiger partial charge >= 0.3 is 5.97 Å². The first-order valence-corrected chi connectivity index (χ1v) is 9.40. The first-order valence-electron chi connectivity index (χ1n) is 9.40. The number of pyridine rings is 1. The molecule has 7 nitrogen and oxygen atoms in total. The van der Waals surface area contributed by atoms with Crippen molar-refractivity contribution in [3.8, 4) is 0 Å². The average Bonchev–Trinajstić information content (AvgIpc) is 3.34. The molecule has 3 heterocycles. The van der Waals surface area contributed by atoms with Crippen LogP contribution in [0.5, 0.6) is 0 Å². The van der Waals surface area contributed by atoms with Crippen molar-refractivity contribution in [2.45, 2.75) is 19.8 Å². The highest BCUT2D eigenvalue weighted by molar-refractivity contribution is 6.08. The summed E-state index contributed by atoms with van der Waals surface area (Å²) in [5, 5.41) is 2.68. The summed E-state index contributed by atoms with van der Waals surface area (Å²) in [5.41, 5.74) is 3.85. The van der Waals surface area contributed by atoms with Crippen LogP contribution in [0.25, 0.3) is 0 Å². The molecule has 0 radical (unpaired) electrons. The molecule has 0 saturated heterocycles. The zero-order chi connectivity index (χ0) is 21.1. The SMILES string of the molecule is CCOC(=O)Cc1cnc2c(c1)CC(c1cccc(NC(=O)c3ccc(F)o3)c1)=N2. The van der Waals surface area contributed by atoms with E-state index < -0.39 is 11.9 Å². The summed E-state index contributed by atoms with van der Waals surface area (Å²) in [5.74, 6) is -0.337. The van der Waals surface area contributed by atoms with Crippen LogP contribution in [0.2, 0.25) is 0 Å². The van der Waals surface area contributed by atoms with Gasteiger partial charge in [0.15, 0.2) is 11.6 Å². The van der Waals surface area contributed by atoms with Crippen molar-refractivity contribution in [2.24, 2.45) is 4.99 Å². The summed E-state index contributed by atoms with van der Waals surface area (Å²) in [6, 6.07) is 10.6. The molecule has 1 aliphatic rings. The second kappa shape index (κ2) is 8.28. The molecule has 0 aliphatic carbocycles. The molecular formula is C22H18FN3O4. The van der Waals surface area contributed by atoms with Crippen molar-refractivity contribution in [2.75, 3.05) is 11.9 Å². The normalized spacial score (nSPS) is 12.3. The minimum Gasteiger partial charge on any atom is -0.466 e. The average molecular weight is 407 g/mol. The maximum absolute atomic E-state index is 13.0. The van der Waals surface area contributed by atoms with Gasteiger partial charge in [0.1, 0.15) is 0 Å². The smallest absolute Gasteiger partial charge is 0.310 e. The Bertz CT molecular complexity index is 1150. The fourth-order valence-corrected chi connectivity index (χ4v) is 3.18. The number of anilines is 1. The van der Waals surface area contributed by atoms with Gasteiger partial charge in [-0.3, -0.25) is 9.59 Å². The minimum atomic E-state index is -0.818. The summed E-state index contributed by atoms with van der Waals surface area (Å²) in [6.45, 7) is 2.11. The number of nitrogens with one attached hydrogen (secondary N) is 1. The van der Waals surface area contributed by atoms with Gasteiger partial charge in [-0.25, -0.2) is 9.98 Å². The summed E-state index contributed by atoms with van der Waals surface area (Å²) in [6.07, 6.45) is 2.35. The molecule has 0 bridgehead atoms. The third kappa shape index (κ3) is 4.27. The number of nitrogens with zero attached hydrogens (tertiary/aromatic N) is 2. The van der Waals surface area contributed by atoms with E-state index in [0.29, 0.717) is 24.5 Å². The summed E-state index contributed by atoms with van der Waals surface area (Å²) < 4.78 is 22.6. The maximum atomic E-state index is 13.0. The third-order valence-electron chi connectivity index (χ3n) is 4.50. The van der Waals surface area contributed by atoms with E-state index in [-0.39, 0.29) is 18.2 Å². The largest absolute Gasteiger partial charge is 0.466 e. The van der Waals surface area contributed by atoms with Gasteiger partial charge in [0, 0.05) is 29.9 Å². The molecule has 4 rings (SSSR count). The Morgan fingerprint density at radius 1 is 1.23 bits per heavy atom. The zero-order valence-corrected chi connectivity index (χ0v) is 16.1. The molecule has 0 spiro atoms. The van der Waals surface area contributed by atoms with Crippen LogP contribution in [-0.4, -0.2) is 29.2 Å². The maximum Gasteiger partial charge on any atom is 0.310 e. The van der Waals surface area contributed by atoms with Gasteiger partial charge in [-0.05, 0) is 42.3 Å². The van der Waals surface area contributed by atoms with Gasteiger partial charge in [-0.15, -0.1) is 0 Å². The monoisotopic (exact) mass is 407 g/mol. The lowest BCUT2D eigenvalue weighted by molar-refractivity contribution is -0.142. The Balaban J connectivity index is 1.47. The molecule has 1 amide bonds. The predicted molar refractivity (Wildman–Crippen MR) is 108 cm³/mol. The number of hydrogen-bond donors (Lipinski definition) is 1. The molecule has 8 heteroatoms. The predicted octanol–water partition coefficient (Wildman–Crippen LogP) is 3.85. The number of aromatic nitrogens is 1. The molecular weight excluding hydrogens is 389 g/mol. The number of furan rings is 1. The highest BCUT2D eigenvalue weighted by atomic mass is 19.1.